The van der Waals surface area contributed by atoms with E-state index in [1.165, 1.54) is 12.3 Å². The van der Waals surface area contributed by atoms with Gasteiger partial charge in [-0.05, 0) is 30.3 Å². The molecule has 4 aromatic rings. The summed E-state index contributed by atoms with van der Waals surface area (Å²) in [6.45, 7) is 0.262. The summed E-state index contributed by atoms with van der Waals surface area (Å²) in [6.07, 6.45) is 6.57. The molecular weight excluding hydrogens is 381 g/mol. The zero-order valence-electron chi connectivity index (χ0n) is 14.6. The van der Waals surface area contributed by atoms with Crippen LogP contribution in [-0.4, -0.2) is 25.5 Å². The van der Waals surface area contributed by atoms with E-state index in [2.05, 4.69) is 15.5 Å². The third kappa shape index (κ3) is 3.79. The van der Waals surface area contributed by atoms with Crippen LogP contribution in [0.3, 0.4) is 0 Å². The minimum Gasteiger partial charge on any atom is -0.319 e. The molecule has 0 aliphatic rings. The van der Waals surface area contributed by atoms with Crippen LogP contribution in [0.4, 0.5) is 10.1 Å². The molecule has 0 saturated carbocycles. The van der Waals surface area contributed by atoms with Crippen molar-refractivity contribution in [3.05, 3.63) is 95.3 Å². The van der Waals surface area contributed by atoms with Gasteiger partial charge in [-0.25, -0.2) is 9.07 Å². The Morgan fingerprint density at radius 2 is 2.00 bits per heavy atom. The average Bonchev–Trinajstić information content (AvgIpc) is 3.36. The van der Waals surface area contributed by atoms with E-state index in [4.69, 9.17) is 11.6 Å². The molecule has 0 unspecified atom stereocenters. The van der Waals surface area contributed by atoms with Crippen LogP contribution in [0.2, 0.25) is 5.02 Å². The lowest BCUT2D eigenvalue weighted by Gasteiger charge is -2.08. The number of halogens is 2. The monoisotopic (exact) mass is 395 g/mol. The van der Waals surface area contributed by atoms with E-state index in [0.29, 0.717) is 21.8 Å². The van der Waals surface area contributed by atoms with Crippen LogP contribution in [0.1, 0.15) is 15.9 Å². The van der Waals surface area contributed by atoms with E-state index >= 15 is 0 Å². The highest BCUT2D eigenvalue weighted by Gasteiger charge is 2.14. The Morgan fingerprint density at radius 3 is 2.79 bits per heavy atom. The van der Waals surface area contributed by atoms with Gasteiger partial charge in [0.05, 0.1) is 34.7 Å². The summed E-state index contributed by atoms with van der Waals surface area (Å²) in [4.78, 5) is 12.7. The smallest absolute Gasteiger partial charge is 0.257 e. The van der Waals surface area contributed by atoms with Crippen molar-refractivity contribution in [3.63, 3.8) is 0 Å². The molecule has 0 spiro atoms. The minimum absolute atomic E-state index is 0.262. The number of nitrogens with one attached hydrogen (secondary N) is 1. The van der Waals surface area contributed by atoms with Gasteiger partial charge in [0.25, 0.3) is 5.91 Å². The van der Waals surface area contributed by atoms with Crippen LogP contribution in [0, 0.1) is 5.82 Å². The van der Waals surface area contributed by atoms with E-state index in [1.807, 2.05) is 0 Å². The SMILES string of the molecule is O=C(Nc1cnn(Cc2ccccc2F)c1)c1cc(-n2cccn2)ccc1Cl. The number of hydrogen-bond donors (Lipinski definition) is 1. The molecule has 0 aliphatic carbocycles. The highest BCUT2D eigenvalue weighted by Crippen LogP contribution is 2.21. The minimum atomic E-state index is -0.371. The molecular formula is C20H15ClFN5O. The van der Waals surface area contributed by atoms with Crippen LogP contribution in [0.15, 0.2) is 73.3 Å². The second-order valence-corrected chi connectivity index (χ2v) is 6.49. The van der Waals surface area contributed by atoms with Gasteiger partial charge in [-0.15, -0.1) is 0 Å². The van der Waals surface area contributed by atoms with Crippen molar-refractivity contribution in [2.45, 2.75) is 6.54 Å². The number of amides is 1. The fraction of sp³-hybridized carbons (Fsp3) is 0.0500. The van der Waals surface area contributed by atoms with Gasteiger partial charge in [0, 0.05) is 24.2 Å². The third-order valence-electron chi connectivity index (χ3n) is 4.14. The molecule has 140 valence electrons. The Labute approximate surface area is 165 Å². The fourth-order valence-electron chi connectivity index (χ4n) is 2.77. The lowest BCUT2D eigenvalue weighted by atomic mass is 10.2. The molecule has 0 fully saturated rings. The standard InChI is InChI=1S/C20H15ClFN5O/c21-18-7-6-16(27-9-3-8-23-27)10-17(18)20(28)25-15-11-24-26(13-15)12-14-4-1-2-5-19(14)22/h1-11,13H,12H2,(H,25,28). The maximum Gasteiger partial charge on any atom is 0.257 e. The normalized spacial score (nSPS) is 10.8. The molecule has 1 N–H and O–H groups in total. The van der Waals surface area contributed by atoms with Gasteiger partial charge in [0.15, 0.2) is 0 Å². The number of rotatable bonds is 5. The maximum atomic E-state index is 13.8. The van der Waals surface area contributed by atoms with Gasteiger partial charge < -0.3 is 5.32 Å². The highest BCUT2D eigenvalue weighted by molar-refractivity contribution is 6.34. The predicted octanol–water partition coefficient (Wildman–Crippen LogP) is 4.16. The Kier molecular flexibility index (Phi) is 4.90. The van der Waals surface area contributed by atoms with Gasteiger partial charge in [-0.2, -0.15) is 10.2 Å². The van der Waals surface area contributed by atoms with Crippen molar-refractivity contribution in [2.24, 2.45) is 0 Å². The second kappa shape index (κ2) is 7.66. The third-order valence-corrected chi connectivity index (χ3v) is 4.47. The van der Waals surface area contributed by atoms with Crippen LogP contribution >= 0.6 is 11.6 Å². The molecule has 0 atom stereocenters. The van der Waals surface area contributed by atoms with Crippen LogP contribution in [0.25, 0.3) is 5.69 Å². The first kappa shape index (κ1) is 17.9. The molecule has 2 aromatic heterocycles. The van der Waals surface area contributed by atoms with E-state index in [-0.39, 0.29) is 18.3 Å². The largest absolute Gasteiger partial charge is 0.319 e. The quantitative estimate of drug-likeness (QED) is 0.551. The number of hydrogen-bond acceptors (Lipinski definition) is 3. The summed E-state index contributed by atoms with van der Waals surface area (Å²) in [5.74, 6) is -0.671. The van der Waals surface area contributed by atoms with Crippen LogP contribution in [0.5, 0.6) is 0 Å². The van der Waals surface area contributed by atoms with E-state index in [0.717, 1.165) is 5.69 Å². The molecule has 0 aliphatic heterocycles. The molecule has 28 heavy (non-hydrogen) atoms. The number of carbonyl (C=O) groups is 1. The van der Waals surface area contributed by atoms with Crippen molar-refractivity contribution < 1.29 is 9.18 Å². The Bertz CT molecular complexity index is 1120. The molecule has 0 saturated heterocycles. The molecule has 2 aromatic carbocycles. The number of aromatic nitrogens is 4. The Morgan fingerprint density at radius 1 is 1.14 bits per heavy atom. The summed E-state index contributed by atoms with van der Waals surface area (Å²) in [5, 5.41) is 11.4. The average molecular weight is 396 g/mol. The molecule has 0 radical (unpaired) electrons. The lowest BCUT2D eigenvalue weighted by molar-refractivity contribution is 0.102. The fourth-order valence-corrected chi connectivity index (χ4v) is 2.97. The number of anilines is 1. The molecule has 4 rings (SSSR count). The molecule has 2 heterocycles. The molecule has 1 amide bonds. The molecule has 6 nitrogen and oxygen atoms in total. The first-order chi connectivity index (χ1) is 13.6. The van der Waals surface area contributed by atoms with Crippen molar-refractivity contribution in [1.29, 1.82) is 0 Å². The highest BCUT2D eigenvalue weighted by atomic mass is 35.5. The van der Waals surface area contributed by atoms with Crippen molar-refractivity contribution in [1.82, 2.24) is 19.6 Å². The predicted molar refractivity (Wildman–Crippen MR) is 104 cm³/mol. The van der Waals surface area contributed by atoms with Gasteiger partial charge in [0.2, 0.25) is 0 Å². The first-order valence-electron chi connectivity index (χ1n) is 8.47. The topological polar surface area (TPSA) is 64.7 Å². The molecule has 8 heteroatoms. The zero-order chi connectivity index (χ0) is 19.5. The zero-order valence-corrected chi connectivity index (χ0v) is 15.3. The number of carbonyl (C=O) groups excluding carboxylic acids is 1. The van der Waals surface area contributed by atoms with E-state index in [1.54, 1.807) is 70.4 Å². The molecule has 0 bridgehead atoms. The van der Waals surface area contributed by atoms with E-state index in [9.17, 15) is 9.18 Å². The van der Waals surface area contributed by atoms with Crippen LogP contribution in [-0.2, 0) is 6.54 Å². The van der Waals surface area contributed by atoms with Crippen molar-refractivity contribution in [2.75, 3.05) is 5.32 Å². The van der Waals surface area contributed by atoms with Crippen molar-refractivity contribution >= 4 is 23.2 Å². The van der Waals surface area contributed by atoms with Gasteiger partial charge in [0.1, 0.15) is 5.82 Å². The Hall–Kier alpha value is -3.45. The number of benzene rings is 2. The van der Waals surface area contributed by atoms with Crippen LogP contribution < -0.4 is 5.32 Å². The van der Waals surface area contributed by atoms with Gasteiger partial charge in [-0.1, -0.05) is 29.8 Å². The second-order valence-electron chi connectivity index (χ2n) is 6.09. The lowest BCUT2D eigenvalue weighted by Crippen LogP contribution is -2.13. The Balaban J connectivity index is 1.51. The van der Waals surface area contributed by atoms with Crippen molar-refractivity contribution in [3.8, 4) is 5.69 Å². The van der Waals surface area contributed by atoms with Gasteiger partial charge in [-0.3, -0.25) is 9.48 Å². The summed E-state index contributed by atoms with van der Waals surface area (Å²) in [7, 11) is 0. The summed E-state index contributed by atoms with van der Waals surface area (Å²) in [6, 6.07) is 13.4. The summed E-state index contributed by atoms with van der Waals surface area (Å²) in [5.41, 5.74) is 2.03. The van der Waals surface area contributed by atoms with E-state index < -0.39 is 0 Å². The van der Waals surface area contributed by atoms with Gasteiger partial charge >= 0.3 is 0 Å². The number of nitrogens with zero attached hydrogens (tertiary/aromatic N) is 4. The summed E-state index contributed by atoms with van der Waals surface area (Å²) >= 11 is 6.20. The summed E-state index contributed by atoms with van der Waals surface area (Å²) < 4.78 is 17.0. The maximum absolute atomic E-state index is 13.8. The first-order valence-corrected chi connectivity index (χ1v) is 8.85.